The maximum absolute atomic E-state index is 12.3. The topological polar surface area (TPSA) is 56.4 Å². The van der Waals surface area contributed by atoms with E-state index in [1.807, 2.05) is 6.07 Å². The van der Waals surface area contributed by atoms with Gasteiger partial charge in [-0.05, 0) is 38.2 Å². The van der Waals surface area contributed by atoms with Crippen LogP contribution in [0.15, 0.2) is 30.3 Å². The van der Waals surface area contributed by atoms with Crippen LogP contribution in [-0.2, 0) is 11.3 Å². The molecule has 2 fully saturated rings. The van der Waals surface area contributed by atoms with E-state index >= 15 is 0 Å². The van der Waals surface area contributed by atoms with Crippen molar-refractivity contribution in [2.45, 2.75) is 57.8 Å². The van der Waals surface area contributed by atoms with Crippen LogP contribution >= 0.6 is 0 Å². The van der Waals surface area contributed by atoms with Gasteiger partial charge in [0, 0.05) is 44.2 Å². The Hall–Kier alpha value is -1.43. The number of carbonyl (C=O) groups is 1. The second-order valence-corrected chi connectivity index (χ2v) is 7.34. The maximum Gasteiger partial charge on any atom is 0.220 e. The molecule has 0 spiro atoms. The van der Waals surface area contributed by atoms with Crippen LogP contribution in [0.1, 0.15) is 38.7 Å². The minimum absolute atomic E-state index is 0.202. The Balaban J connectivity index is 1.38. The summed E-state index contributed by atoms with van der Waals surface area (Å²) in [6.45, 7) is 7.35. The first kappa shape index (κ1) is 17.4. The molecule has 2 unspecified atom stereocenters. The van der Waals surface area contributed by atoms with Crippen LogP contribution in [-0.4, -0.2) is 42.0 Å². The fraction of sp³-hybridized carbons (Fsp3) is 0.632. The first-order chi connectivity index (χ1) is 11.6. The summed E-state index contributed by atoms with van der Waals surface area (Å²) in [7, 11) is 0. The highest BCUT2D eigenvalue weighted by Crippen LogP contribution is 2.20. The first-order valence-electron chi connectivity index (χ1n) is 9.18. The van der Waals surface area contributed by atoms with Crippen molar-refractivity contribution in [3.8, 4) is 0 Å². The van der Waals surface area contributed by atoms with Crippen LogP contribution < -0.4 is 16.2 Å². The molecule has 3 rings (SSSR count). The first-order valence-corrected chi connectivity index (χ1v) is 9.18. The van der Waals surface area contributed by atoms with Crippen molar-refractivity contribution in [2.24, 2.45) is 5.92 Å². The van der Waals surface area contributed by atoms with Gasteiger partial charge in [-0.1, -0.05) is 30.3 Å². The highest BCUT2D eigenvalue weighted by Gasteiger charge is 2.30. The molecule has 5 nitrogen and oxygen atoms in total. The summed E-state index contributed by atoms with van der Waals surface area (Å²) in [5.41, 5.74) is 7.85. The van der Waals surface area contributed by atoms with E-state index in [1.54, 1.807) is 0 Å². The SMILES string of the molecule is CC1NNC(C)C1CCC(=O)N[C@H]1CCN(Cc2ccccc2)C1. The van der Waals surface area contributed by atoms with Gasteiger partial charge in [-0.2, -0.15) is 0 Å². The van der Waals surface area contributed by atoms with E-state index in [1.165, 1.54) is 5.56 Å². The average Bonchev–Trinajstić information content (AvgIpc) is 3.13. The molecular formula is C19H30N4O. The van der Waals surface area contributed by atoms with Gasteiger partial charge in [-0.15, -0.1) is 0 Å². The van der Waals surface area contributed by atoms with E-state index < -0.39 is 0 Å². The van der Waals surface area contributed by atoms with Crippen molar-refractivity contribution in [1.82, 2.24) is 21.1 Å². The number of likely N-dealkylation sites (tertiary alicyclic amines) is 1. The molecule has 5 heteroatoms. The number of hydrazine groups is 1. The van der Waals surface area contributed by atoms with Crippen LogP contribution in [0, 0.1) is 5.92 Å². The normalized spacial score (nSPS) is 30.6. The lowest BCUT2D eigenvalue weighted by Gasteiger charge is -2.19. The molecule has 3 atom stereocenters. The largest absolute Gasteiger partial charge is 0.352 e. The number of nitrogens with zero attached hydrogens (tertiary/aromatic N) is 1. The van der Waals surface area contributed by atoms with E-state index in [0.29, 0.717) is 30.5 Å². The molecule has 0 aromatic heterocycles. The van der Waals surface area contributed by atoms with Gasteiger partial charge < -0.3 is 5.32 Å². The Labute approximate surface area is 145 Å². The molecule has 0 radical (unpaired) electrons. The molecular weight excluding hydrogens is 300 g/mol. The van der Waals surface area contributed by atoms with Crippen LogP contribution in [0.25, 0.3) is 0 Å². The Bertz CT molecular complexity index is 525. The van der Waals surface area contributed by atoms with Gasteiger partial charge in [-0.25, -0.2) is 0 Å². The zero-order valence-electron chi connectivity index (χ0n) is 14.8. The Morgan fingerprint density at radius 2 is 1.92 bits per heavy atom. The van der Waals surface area contributed by atoms with Crippen molar-refractivity contribution in [3.05, 3.63) is 35.9 Å². The van der Waals surface area contributed by atoms with E-state index in [9.17, 15) is 4.79 Å². The molecule has 2 heterocycles. The number of hydrogen-bond donors (Lipinski definition) is 3. The molecule has 1 amide bonds. The zero-order valence-corrected chi connectivity index (χ0v) is 14.8. The van der Waals surface area contributed by atoms with Gasteiger partial charge in [0.1, 0.15) is 0 Å². The second kappa shape index (κ2) is 8.10. The lowest BCUT2D eigenvalue weighted by Crippen LogP contribution is -2.37. The van der Waals surface area contributed by atoms with Crippen LogP contribution in [0.4, 0.5) is 0 Å². The lowest BCUT2D eigenvalue weighted by molar-refractivity contribution is -0.122. The number of rotatable bonds is 6. The summed E-state index contributed by atoms with van der Waals surface area (Å²) in [5, 5.41) is 3.23. The monoisotopic (exact) mass is 330 g/mol. The van der Waals surface area contributed by atoms with E-state index in [-0.39, 0.29) is 5.91 Å². The van der Waals surface area contributed by atoms with Crippen LogP contribution in [0.3, 0.4) is 0 Å². The number of hydrogen-bond acceptors (Lipinski definition) is 4. The van der Waals surface area contributed by atoms with Crippen LogP contribution in [0.5, 0.6) is 0 Å². The third kappa shape index (κ3) is 4.56. The van der Waals surface area contributed by atoms with Crippen molar-refractivity contribution >= 4 is 5.91 Å². The third-order valence-electron chi connectivity index (χ3n) is 5.41. The van der Waals surface area contributed by atoms with Gasteiger partial charge >= 0.3 is 0 Å². The summed E-state index contributed by atoms with van der Waals surface area (Å²) in [6.07, 6.45) is 2.62. The summed E-state index contributed by atoms with van der Waals surface area (Å²) in [5.74, 6) is 0.724. The molecule has 1 aromatic carbocycles. The van der Waals surface area contributed by atoms with Gasteiger partial charge in [0.2, 0.25) is 5.91 Å². The van der Waals surface area contributed by atoms with Gasteiger partial charge in [0.15, 0.2) is 0 Å². The second-order valence-electron chi connectivity index (χ2n) is 7.34. The highest BCUT2D eigenvalue weighted by atomic mass is 16.1. The molecule has 132 valence electrons. The van der Waals surface area contributed by atoms with Crippen molar-refractivity contribution in [1.29, 1.82) is 0 Å². The predicted octanol–water partition coefficient (Wildman–Crippen LogP) is 1.66. The molecule has 3 N–H and O–H groups in total. The molecule has 0 bridgehead atoms. The Morgan fingerprint density at radius 3 is 2.62 bits per heavy atom. The van der Waals surface area contributed by atoms with Crippen molar-refractivity contribution in [2.75, 3.05) is 13.1 Å². The van der Waals surface area contributed by atoms with Gasteiger partial charge in [0.05, 0.1) is 0 Å². The number of amides is 1. The minimum Gasteiger partial charge on any atom is -0.352 e. The standard InChI is InChI=1S/C19H30N4O/c1-14-18(15(2)22-21-14)8-9-19(24)20-17-10-11-23(13-17)12-16-6-4-3-5-7-16/h3-7,14-15,17-18,21-22H,8-13H2,1-2H3,(H,20,24)/t14?,15?,17-,18?/m0/s1. The van der Waals surface area contributed by atoms with Crippen LogP contribution in [0.2, 0.25) is 0 Å². The zero-order chi connectivity index (χ0) is 16.9. The number of nitrogens with one attached hydrogen (secondary N) is 3. The number of carbonyl (C=O) groups excluding carboxylic acids is 1. The lowest BCUT2D eigenvalue weighted by atomic mass is 9.91. The molecule has 0 saturated carbocycles. The molecule has 24 heavy (non-hydrogen) atoms. The van der Waals surface area contributed by atoms with E-state index in [2.05, 4.69) is 59.2 Å². The van der Waals surface area contributed by atoms with Gasteiger partial charge in [0.25, 0.3) is 0 Å². The highest BCUT2D eigenvalue weighted by molar-refractivity contribution is 5.76. The average molecular weight is 330 g/mol. The summed E-state index contributed by atoms with van der Waals surface area (Å²) in [6, 6.07) is 11.7. The Kier molecular flexibility index (Phi) is 5.87. The molecule has 1 aromatic rings. The quantitative estimate of drug-likeness (QED) is 0.742. The minimum atomic E-state index is 0.202. The summed E-state index contributed by atoms with van der Waals surface area (Å²) in [4.78, 5) is 14.7. The van der Waals surface area contributed by atoms with Gasteiger partial charge in [-0.3, -0.25) is 20.5 Å². The predicted molar refractivity (Wildman–Crippen MR) is 96.2 cm³/mol. The number of benzene rings is 1. The molecule has 2 saturated heterocycles. The van der Waals surface area contributed by atoms with Crippen molar-refractivity contribution in [3.63, 3.8) is 0 Å². The molecule has 2 aliphatic rings. The fourth-order valence-corrected chi connectivity index (χ4v) is 3.94. The maximum atomic E-state index is 12.3. The molecule has 0 aliphatic carbocycles. The summed E-state index contributed by atoms with van der Waals surface area (Å²) < 4.78 is 0. The smallest absolute Gasteiger partial charge is 0.220 e. The van der Waals surface area contributed by atoms with Crippen molar-refractivity contribution < 1.29 is 4.79 Å². The molecule has 2 aliphatic heterocycles. The van der Waals surface area contributed by atoms with E-state index in [4.69, 9.17) is 0 Å². The third-order valence-corrected chi connectivity index (χ3v) is 5.41. The summed E-state index contributed by atoms with van der Waals surface area (Å²) >= 11 is 0. The Morgan fingerprint density at radius 1 is 1.21 bits per heavy atom. The van der Waals surface area contributed by atoms with E-state index in [0.717, 1.165) is 32.5 Å². The fourth-order valence-electron chi connectivity index (χ4n) is 3.94.